The summed E-state index contributed by atoms with van der Waals surface area (Å²) in [7, 11) is 0. The van der Waals surface area contributed by atoms with Crippen molar-refractivity contribution in [2.45, 2.75) is 31.8 Å². The third-order valence-electron chi connectivity index (χ3n) is 3.64. The van der Waals surface area contributed by atoms with E-state index >= 15 is 0 Å². The van der Waals surface area contributed by atoms with Gasteiger partial charge in [0.25, 0.3) is 0 Å². The molecule has 2 N–H and O–H groups in total. The normalized spacial score (nSPS) is 28.5. The lowest BCUT2D eigenvalue weighted by Gasteiger charge is -2.26. The minimum absolute atomic E-state index is 0.494. The number of rotatable bonds is 2. The molecule has 2 aliphatic heterocycles. The Bertz CT molecular complexity index is 406. The molecular formula is C16H22N2. The van der Waals surface area contributed by atoms with E-state index in [1.54, 1.807) is 0 Å². The largest absolute Gasteiger partial charge is 0.385 e. The third-order valence-corrected chi connectivity index (χ3v) is 3.64. The van der Waals surface area contributed by atoms with Crippen LogP contribution in [0, 0.1) is 5.92 Å². The van der Waals surface area contributed by atoms with Crippen LogP contribution in [-0.4, -0.2) is 12.1 Å². The number of hydrogen-bond donors (Lipinski definition) is 2. The van der Waals surface area contributed by atoms with Gasteiger partial charge in [-0.1, -0.05) is 25.1 Å². The van der Waals surface area contributed by atoms with Gasteiger partial charge in [0.2, 0.25) is 0 Å². The zero-order valence-electron chi connectivity index (χ0n) is 11.0. The predicted molar refractivity (Wildman–Crippen MR) is 78.5 cm³/mol. The molecule has 2 nitrogen and oxygen atoms in total. The van der Waals surface area contributed by atoms with Gasteiger partial charge in [-0.2, -0.15) is 0 Å². The Morgan fingerprint density at radius 2 is 1.94 bits per heavy atom. The van der Waals surface area contributed by atoms with Crippen LogP contribution in [0.1, 0.15) is 19.8 Å². The van der Waals surface area contributed by atoms with Gasteiger partial charge in [-0.15, -0.1) is 13.2 Å². The molecule has 1 aromatic carbocycles. The van der Waals surface area contributed by atoms with E-state index in [0.717, 1.165) is 5.92 Å². The van der Waals surface area contributed by atoms with Crippen molar-refractivity contribution in [1.29, 1.82) is 0 Å². The average Bonchev–Trinajstić information content (AvgIpc) is 2.67. The monoisotopic (exact) mass is 242 g/mol. The second-order valence-corrected chi connectivity index (χ2v) is 4.98. The predicted octanol–water partition coefficient (Wildman–Crippen LogP) is 3.55. The maximum Gasteiger partial charge on any atom is 0.0483 e. The molecule has 0 aromatic heterocycles. The Balaban J connectivity index is 0.000000574. The Labute approximate surface area is 110 Å². The summed E-state index contributed by atoms with van der Waals surface area (Å²) in [5.41, 5.74) is 2.65. The highest BCUT2D eigenvalue weighted by Crippen LogP contribution is 2.31. The smallest absolute Gasteiger partial charge is 0.0483 e. The summed E-state index contributed by atoms with van der Waals surface area (Å²) in [5, 5.41) is 7.16. The van der Waals surface area contributed by atoms with E-state index in [1.807, 2.05) is 0 Å². The van der Waals surface area contributed by atoms with Crippen molar-refractivity contribution in [2.75, 3.05) is 5.32 Å². The molecule has 0 aliphatic carbocycles. The third kappa shape index (κ3) is 2.76. The Morgan fingerprint density at radius 3 is 2.61 bits per heavy atom. The molecule has 0 radical (unpaired) electrons. The van der Waals surface area contributed by atoms with Gasteiger partial charge in [-0.05, 0) is 37.0 Å². The van der Waals surface area contributed by atoms with Gasteiger partial charge < -0.3 is 10.6 Å². The maximum atomic E-state index is 3.59. The fraction of sp³-hybridized carbons (Fsp3) is 0.375. The van der Waals surface area contributed by atoms with Crippen molar-refractivity contribution in [1.82, 2.24) is 5.32 Å². The van der Waals surface area contributed by atoms with Crippen LogP contribution in [0.3, 0.4) is 0 Å². The summed E-state index contributed by atoms with van der Waals surface area (Å²) in [6, 6.07) is 11.6. The number of anilines is 1. The first-order valence-corrected chi connectivity index (χ1v) is 6.60. The number of allylic oxidation sites excluding steroid dienone is 1. The SMILES string of the molecule is C=C.CC1CC2=C[C@H](Nc3ccccc3)CC1N2. The van der Waals surface area contributed by atoms with Gasteiger partial charge in [-0.3, -0.25) is 0 Å². The molecule has 3 atom stereocenters. The molecule has 96 valence electrons. The number of hydrogen-bond acceptors (Lipinski definition) is 2. The van der Waals surface area contributed by atoms with Crippen LogP contribution in [0.2, 0.25) is 0 Å². The standard InChI is InChI=1S/C14H18N2.C2H4/c1-10-7-12-8-13(9-14(10)16-12)15-11-5-3-2-4-6-11;1-2/h2-6,8,10,13-16H,7,9H2,1H3;1-2H2/t10?,13-,14?;/m0./s1. The number of para-hydroxylation sites is 1. The lowest BCUT2D eigenvalue weighted by molar-refractivity contribution is 0.440. The van der Waals surface area contributed by atoms with Crippen molar-refractivity contribution in [3.8, 4) is 0 Å². The van der Waals surface area contributed by atoms with Gasteiger partial charge in [0.15, 0.2) is 0 Å². The van der Waals surface area contributed by atoms with Crippen molar-refractivity contribution < 1.29 is 0 Å². The lowest BCUT2D eigenvalue weighted by atomic mass is 9.98. The van der Waals surface area contributed by atoms with Crippen LogP contribution in [0.4, 0.5) is 5.69 Å². The van der Waals surface area contributed by atoms with Gasteiger partial charge in [0.1, 0.15) is 0 Å². The molecule has 18 heavy (non-hydrogen) atoms. The van der Waals surface area contributed by atoms with E-state index in [1.165, 1.54) is 24.2 Å². The maximum absolute atomic E-state index is 3.59. The number of nitrogens with one attached hydrogen (secondary N) is 2. The fourth-order valence-corrected chi connectivity index (χ4v) is 2.77. The molecule has 2 aliphatic rings. The average molecular weight is 242 g/mol. The highest BCUT2D eigenvalue weighted by Gasteiger charge is 2.32. The highest BCUT2D eigenvalue weighted by atomic mass is 15.0. The van der Waals surface area contributed by atoms with E-state index in [-0.39, 0.29) is 0 Å². The molecule has 0 amide bonds. The number of fused-ring (bicyclic) bond motifs is 2. The minimum Gasteiger partial charge on any atom is -0.385 e. The van der Waals surface area contributed by atoms with Gasteiger partial charge in [0, 0.05) is 23.5 Å². The summed E-state index contributed by atoms with van der Waals surface area (Å²) >= 11 is 0. The second kappa shape index (κ2) is 5.76. The van der Waals surface area contributed by atoms with Gasteiger partial charge in [-0.25, -0.2) is 0 Å². The summed E-state index contributed by atoms with van der Waals surface area (Å²) < 4.78 is 0. The van der Waals surface area contributed by atoms with E-state index in [0.29, 0.717) is 12.1 Å². The van der Waals surface area contributed by atoms with E-state index in [4.69, 9.17) is 0 Å². The first kappa shape index (κ1) is 12.7. The molecule has 1 saturated heterocycles. The van der Waals surface area contributed by atoms with Crippen LogP contribution in [-0.2, 0) is 0 Å². The first-order valence-electron chi connectivity index (χ1n) is 6.60. The van der Waals surface area contributed by atoms with Crippen molar-refractivity contribution >= 4 is 5.69 Å². The quantitative estimate of drug-likeness (QED) is 0.775. The van der Waals surface area contributed by atoms with Crippen LogP contribution >= 0.6 is 0 Å². The van der Waals surface area contributed by atoms with Crippen molar-refractivity contribution in [3.05, 3.63) is 55.3 Å². The summed E-state index contributed by atoms with van der Waals surface area (Å²) in [6.07, 6.45) is 4.77. The Morgan fingerprint density at radius 1 is 1.22 bits per heavy atom. The summed E-state index contributed by atoms with van der Waals surface area (Å²) in [6.45, 7) is 8.34. The molecule has 0 saturated carbocycles. The molecular weight excluding hydrogens is 220 g/mol. The van der Waals surface area contributed by atoms with E-state index in [9.17, 15) is 0 Å². The summed E-state index contributed by atoms with van der Waals surface area (Å²) in [5.74, 6) is 0.786. The molecule has 1 aromatic rings. The van der Waals surface area contributed by atoms with Crippen molar-refractivity contribution in [2.24, 2.45) is 5.92 Å². The topological polar surface area (TPSA) is 24.1 Å². The molecule has 3 rings (SSSR count). The minimum atomic E-state index is 0.494. The molecule has 2 unspecified atom stereocenters. The second-order valence-electron chi connectivity index (χ2n) is 4.98. The molecule has 1 fully saturated rings. The van der Waals surface area contributed by atoms with Crippen LogP contribution < -0.4 is 10.6 Å². The van der Waals surface area contributed by atoms with Crippen LogP contribution in [0.5, 0.6) is 0 Å². The number of benzene rings is 1. The highest BCUT2D eigenvalue weighted by molar-refractivity contribution is 5.45. The zero-order chi connectivity index (χ0) is 13.0. The Kier molecular flexibility index (Phi) is 4.08. The fourth-order valence-electron chi connectivity index (χ4n) is 2.77. The lowest BCUT2D eigenvalue weighted by Crippen LogP contribution is -2.36. The molecule has 0 spiro atoms. The molecule has 2 heteroatoms. The Hall–Kier alpha value is -1.70. The molecule has 2 bridgehead atoms. The zero-order valence-corrected chi connectivity index (χ0v) is 11.0. The molecule has 2 heterocycles. The van der Waals surface area contributed by atoms with Gasteiger partial charge >= 0.3 is 0 Å². The first-order chi connectivity index (χ1) is 8.81. The summed E-state index contributed by atoms with van der Waals surface area (Å²) in [4.78, 5) is 0. The van der Waals surface area contributed by atoms with E-state index < -0.39 is 0 Å². The van der Waals surface area contributed by atoms with Crippen molar-refractivity contribution in [3.63, 3.8) is 0 Å². The van der Waals surface area contributed by atoms with Crippen LogP contribution in [0.15, 0.2) is 55.3 Å². The van der Waals surface area contributed by atoms with Crippen LogP contribution in [0.25, 0.3) is 0 Å². The van der Waals surface area contributed by atoms with Gasteiger partial charge in [0.05, 0.1) is 0 Å². The van der Waals surface area contributed by atoms with E-state index in [2.05, 4.69) is 67.1 Å².